The van der Waals surface area contributed by atoms with Crippen molar-refractivity contribution in [2.45, 2.75) is 33.1 Å². The fraction of sp³-hybridized carbons (Fsp3) is 0.292. The van der Waals surface area contributed by atoms with Gasteiger partial charge < -0.3 is 10.2 Å². The van der Waals surface area contributed by atoms with E-state index in [4.69, 9.17) is 0 Å². The molecule has 0 aliphatic carbocycles. The number of amides is 1. The van der Waals surface area contributed by atoms with Gasteiger partial charge in [-0.15, -0.1) is 0 Å². The molecule has 1 aliphatic rings. The summed E-state index contributed by atoms with van der Waals surface area (Å²) in [6.07, 6.45) is 7.42. The normalized spacial score (nSPS) is 13.9. The highest BCUT2D eigenvalue weighted by Gasteiger charge is 2.13. The van der Waals surface area contributed by atoms with Gasteiger partial charge in [0.1, 0.15) is 0 Å². The van der Waals surface area contributed by atoms with Crippen molar-refractivity contribution in [3.05, 3.63) is 71.5 Å². The van der Waals surface area contributed by atoms with Crippen molar-refractivity contribution >= 4 is 17.5 Å². The Balaban J connectivity index is 1.44. The van der Waals surface area contributed by atoms with Crippen LogP contribution < -0.4 is 10.2 Å². The third kappa shape index (κ3) is 4.45. The number of piperidine rings is 1. The molecule has 2 aromatic carbocycles. The molecule has 0 bridgehead atoms. The van der Waals surface area contributed by atoms with Crippen molar-refractivity contribution in [3.63, 3.8) is 0 Å². The summed E-state index contributed by atoms with van der Waals surface area (Å²) < 4.78 is 0. The van der Waals surface area contributed by atoms with Crippen molar-refractivity contribution in [1.82, 2.24) is 9.97 Å². The molecule has 1 aliphatic heterocycles. The second-order valence-corrected chi connectivity index (χ2v) is 7.65. The number of aromatic nitrogens is 2. The van der Waals surface area contributed by atoms with Crippen molar-refractivity contribution < 1.29 is 4.79 Å². The maximum Gasteiger partial charge on any atom is 0.255 e. The second kappa shape index (κ2) is 8.43. The molecule has 0 radical (unpaired) electrons. The van der Waals surface area contributed by atoms with E-state index in [1.165, 1.54) is 24.8 Å². The number of hydrogen-bond donors (Lipinski definition) is 1. The van der Waals surface area contributed by atoms with Gasteiger partial charge in [-0.25, -0.2) is 9.97 Å². The minimum absolute atomic E-state index is 0.114. The Bertz CT molecular complexity index is 990. The van der Waals surface area contributed by atoms with Crippen molar-refractivity contribution in [1.29, 1.82) is 0 Å². The molecule has 1 amide bonds. The van der Waals surface area contributed by atoms with Crippen LogP contribution in [0.4, 0.5) is 11.6 Å². The fourth-order valence-corrected chi connectivity index (χ4v) is 3.56. The first-order valence-electron chi connectivity index (χ1n) is 10.2. The van der Waals surface area contributed by atoms with Crippen LogP contribution in [-0.2, 0) is 0 Å². The van der Waals surface area contributed by atoms with E-state index < -0.39 is 0 Å². The summed E-state index contributed by atoms with van der Waals surface area (Å²) in [5.74, 6) is 0.689. The molecule has 29 heavy (non-hydrogen) atoms. The fourth-order valence-electron chi connectivity index (χ4n) is 3.56. The van der Waals surface area contributed by atoms with Gasteiger partial charge in [0.25, 0.3) is 5.91 Å². The van der Waals surface area contributed by atoms with Crippen molar-refractivity contribution in [2.24, 2.45) is 0 Å². The van der Waals surface area contributed by atoms with Crippen LogP contribution in [0.15, 0.2) is 54.9 Å². The van der Waals surface area contributed by atoms with Gasteiger partial charge in [0, 0.05) is 42.3 Å². The molecule has 1 fully saturated rings. The topological polar surface area (TPSA) is 58.1 Å². The molecule has 0 saturated carbocycles. The van der Waals surface area contributed by atoms with Gasteiger partial charge in [-0.05, 0) is 74.1 Å². The molecule has 148 valence electrons. The minimum atomic E-state index is -0.114. The first kappa shape index (κ1) is 19.1. The molecule has 0 spiro atoms. The molecule has 1 aromatic heterocycles. The summed E-state index contributed by atoms with van der Waals surface area (Å²) >= 11 is 0. The molecule has 5 heteroatoms. The number of carbonyl (C=O) groups excluding carboxylic acids is 1. The third-order valence-electron chi connectivity index (χ3n) is 5.52. The molecule has 0 atom stereocenters. The Morgan fingerprint density at radius 3 is 2.21 bits per heavy atom. The highest BCUT2D eigenvalue weighted by atomic mass is 16.1. The number of benzene rings is 2. The lowest BCUT2D eigenvalue weighted by molar-refractivity contribution is 0.102. The smallest absolute Gasteiger partial charge is 0.255 e. The third-order valence-corrected chi connectivity index (χ3v) is 5.52. The zero-order valence-corrected chi connectivity index (χ0v) is 17.0. The second-order valence-electron chi connectivity index (χ2n) is 7.65. The van der Waals surface area contributed by atoms with E-state index in [0.717, 1.165) is 41.4 Å². The lowest BCUT2D eigenvalue weighted by atomic mass is 10.1. The van der Waals surface area contributed by atoms with E-state index in [2.05, 4.69) is 27.1 Å². The number of nitrogens with zero attached hydrogens (tertiary/aromatic N) is 3. The van der Waals surface area contributed by atoms with Crippen LogP contribution in [0.25, 0.3) is 11.1 Å². The van der Waals surface area contributed by atoms with Crippen molar-refractivity contribution in [3.8, 4) is 11.1 Å². The standard InChI is InChI=1S/C24H26N4O/c1-17-6-11-22(14-18(17)2)27-23(29)20-9-7-19(8-10-20)21-15-25-24(26-16-21)28-12-4-3-5-13-28/h6-11,14-16H,3-5,12-13H2,1-2H3,(H,27,29). The van der Waals surface area contributed by atoms with Crippen LogP contribution >= 0.6 is 0 Å². The monoisotopic (exact) mass is 386 g/mol. The van der Waals surface area contributed by atoms with E-state index in [9.17, 15) is 4.79 Å². The van der Waals surface area contributed by atoms with Crippen LogP contribution in [0.2, 0.25) is 0 Å². The van der Waals surface area contributed by atoms with Gasteiger partial charge >= 0.3 is 0 Å². The Morgan fingerprint density at radius 2 is 1.55 bits per heavy atom. The largest absolute Gasteiger partial charge is 0.341 e. The molecule has 4 rings (SSSR count). The van der Waals surface area contributed by atoms with Gasteiger partial charge in [-0.3, -0.25) is 4.79 Å². The van der Waals surface area contributed by atoms with Gasteiger partial charge in [-0.1, -0.05) is 18.2 Å². The summed E-state index contributed by atoms with van der Waals surface area (Å²) in [5.41, 5.74) is 5.75. The molecule has 2 heterocycles. The average Bonchev–Trinajstić information content (AvgIpc) is 2.77. The summed E-state index contributed by atoms with van der Waals surface area (Å²) in [4.78, 5) is 23.9. The predicted molar refractivity (Wildman–Crippen MR) is 117 cm³/mol. The molecule has 0 unspecified atom stereocenters. The van der Waals surface area contributed by atoms with Crippen molar-refractivity contribution in [2.75, 3.05) is 23.3 Å². The predicted octanol–water partition coefficient (Wildman–Crippen LogP) is 5.00. The van der Waals surface area contributed by atoms with E-state index in [0.29, 0.717) is 5.56 Å². The van der Waals surface area contributed by atoms with Gasteiger partial charge in [0.05, 0.1) is 0 Å². The van der Waals surface area contributed by atoms with Gasteiger partial charge in [0.2, 0.25) is 5.95 Å². The first-order chi connectivity index (χ1) is 14.1. The van der Waals surface area contributed by atoms with Crippen LogP contribution in [0.1, 0.15) is 40.7 Å². The molecule has 1 N–H and O–H groups in total. The van der Waals surface area contributed by atoms with E-state index in [1.54, 1.807) is 0 Å². The van der Waals surface area contributed by atoms with E-state index >= 15 is 0 Å². The quantitative estimate of drug-likeness (QED) is 0.685. The molecular weight excluding hydrogens is 360 g/mol. The van der Waals surface area contributed by atoms with E-state index in [1.807, 2.05) is 61.8 Å². The molecule has 5 nitrogen and oxygen atoms in total. The summed E-state index contributed by atoms with van der Waals surface area (Å²) in [6, 6.07) is 13.5. The summed E-state index contributed by atoms with van der Waals surface area (Å²) in [6.45, 7) is 6.16. The number of aryl methyl sites for hydroxylation is 2. The Hall–Kier alpha value is -3.21. The lowest BCUT2D eigenvalue weighted by Crippen LogP contribution is -2.30. The number of carbonyl (C=O) groups is 1. The molecular formula is C24H26N4O. The first-order valence-corrected chi connectivity index (χ1v) is 10.2. The van der Waals surface area contributed by atoms with Gasteiger partial charge in [0.15, 0.2) is 0 Å². The van der Waals surface area contributed by atoms with E-state index in [-0.39, 0.29) is 5.91 Å². The maximum absolute atomic E-state index is 12.5. The van der Waals surface area contributed by atoms with Crippen LogP contribution in [0, 0.1) is 13.8 Å². The number of anilines is 2. The molecule has 1 saturated heterocycles. The zero-order chi connectivity index (χ0) is 20.2. The number of hydrogen-bond acceptors (Lipinski definition) is 4. The highest BCUT2D eigenvalue weighted by Crippen LogP contribution is 2.22. The Morgan fingerprint density at radius 1 is 0.862 bits per heavy atom. The van der Waals surface area contributed by atoms with Crippen LogP contribution in [-0.4, -0.2) is 29.0 Å². The Labute approximate surface area is 171 Å². The minimum Gasteiger partial charge on any atom is -0.341 e. The SMILES string of the molecule is Cc1ccc(NC(=O)c2ccc(-c3cnc(N4CCCCC4)nc3)cc2)cc1C. The average molecular weight is 386 g/mol. The summed E-state index contributed by atoms with van der Waals surface area (Å²) in [7, 11) is 0. The summed E-state index contributed by atoms with van der Waals surface area (Å²) in [5, 5.41) is 2.96. The van der Waals surface area contributed by atoms with Crippen LogP contribution in [0.3, 0.4) is 0 Å². The molecule has 3 aromatic rings. The number of rotatable bonds is 4. The Kier molecular flexibility index (Phi) is 5.56. The van der Waals surface area contributed by atoms with Crippen LogP contribution in [0.5, 0.6) is 0 Å². The number of nitrogens with one attached hydrogen (secondary N) is 1. The maximum atomic E-state index is 12.5. The lowest BCUT2D eigenvalue weighted by Gasteiger charge is -2.26. The van der Waals surface area contributed by atoms with Gasteiger partial charge in [-0.2, -0.15) is 0 Å². The highest BCUT2D eigenvalue weighted by molar-refractivity contribution is 6.04. The zero-order valence-electron chi connectivity index (χ0n) is 17.0.